The topological polar surface area (TPSA) is 38.3 Å². The molecule has 1 N–H and O–H groups in total. The summed E-state index contributed by atoms with van der Waals surface area (Å²) in [5.41, 5.74) is 0.344. The largest absolute Gasteiger partial charge is 0.466 e. The number of hydrogen-bond donors (Lipinski definition) is 1. The van der Waals surface area contributed by atoms with Gasteiger partial charge in [0.2, 0.25) is 0 Å². The Kier molecular flexibility index (Phi) is 3.91. The molecule has 3 nitrogen and oxygen atoms in total. The molecule has 0 heterocycles. The van der Waals surface area contributed by atoms with Gasteiger partial charge in [-0.05, 0) is 25.5 Å². The molecule has 1 aromatic carbocycles. The van der Waals surface area contributed by atoms with Crippen molar-refractivity contribution < 1.29 is 13.9 Å². The molecule has 96 valence electrons. The van der Waals surface area contributed by atoms with Crippen LogP contribution in [0.25, 0.3) is 0 Å². The molecule has 5 heteroatoms. The highest BCUT2D eigenvalue weighted by Gasteiger charge is 2.47. The van der Waals surface area contributed by atoms with E-state index in [-0.39, 0.29) is 23.6 Å². The summed E-state index contributed by atoms with van der Waals surface area (Å²) in [7, 11) is 0. The molecule has 18 heavy (non-hydrogen) atoms. The Labute approximate surface area is 110 Å². The molecule has 0 radical (unpaired) electrons. The molecule has 1 aliphatic carbocycles. The van der Waals surface area contributed by atoms with Crippen molar-refractivity contribution in [2.45, 2.75) is 13.3 Å². The molecule has 1 fully saturated rings. The molecule has 1 saturated carbocycles. The van der Waals surface area contributed by atoms with Gasteiger partial charge >= 0.3 is 5.97 Å². The number of carbonyl (C=O) groups is 1. The van der Waals surface area contributed by atoms with E-state index in [1.807, 2.05) is 0 Å². The van der Waals surface area contributed by atoms with E-state index in [4.69, 9.17) is 17.0 Å². The Bertz CT molecular complexity index is 478. The summed E-state index contributed by atoms with van der Waals surface area (Å²) in [4.78, 5) is 12.0. The van der Waals surface area contributed by atoms with Crippen molar-refractivity contribution in [1.82, 2.24) is 0 Å². The van der Waals surface area contributed by atoms with Gasteiger partial charge in [-0.25, -0.2) is 4.39 Å². The maximum atomic E-state index is 13.4. The summed E-state index contributed by atoms with van der Waals surface area (Å²) >= 11 is 5.18. The number of ether oxygens (including phenoxy) is 1. The monoisotopic (exact) mass is 267 g/mol. The number of rotatable bonds is 4. The van der Waals surface area contributed by atoms with Crippen LogP contribution < -0.4 is 5.32 Å². The normalized spacial score (nSPS) is 21.2. The molecular formula is C13H14FNO2S. The van der Waals surface area contributed by atoms with Crippen LogP contribution in [0.5, 0.6) is 0 Å². The van der Waals surface area contributed by atoms with Gasteiger partial charge in [-0.2, -0.15) is 0 Å². The lowest BCUT2D eigenvalue weighted by Crippen LogP contribution is -2.16. The van der Waals surface area contributed by atoms with Gasteiger partial charge in [-0.3, -0.25) is 4.79 Å². The second-order valence-corrected chi connectivity index (χ2v) is 4.61. The third kappa shape index (κ3) is 2.85. The summed E-state index contributed by atoms with van der Waals surface area (Å²) in [5.74, 6) is -0.774. The fraction of sp³-hybridized carbons (Fsp3) is 0.385. The number of hydrogen-bond acceptors (Lipinski definition) is 3. The summed E-state index contributed by atoms with van der Waals surface area (Å²) in [6.07, 6.45) is 0.680. The molecule has 2 atom stereocenters. The van der Waals surface area contributed by atoms with Gasteiger partial charge in [0.15, 0.2) is 0 Å². The second-order valence-electron chi connectivity index (χ2n) is 4.17. The number of para-hydroxylation sites is 1. The molecule has 0 unspecified atom stereocenters. The molecule has 1 aliphatic rings. The number of halogens is 1. The van der Waals surface area contributed by atoms with E-state index >= 15 is 0 Å². The Morgan fingerprint density at radius 1 is 1.50 bits per heavy atom. The van der Waals surface area contributed by atoms with Crippen molar-refractivity contribution in [3.63, 3.8) is 0 Å². The van der Waals surface area contributed by atoms with Crippen LogP contribution in [0, 0.1) is 17.7 Å². The molecular weight excluding hydrogens is 253 g/mol. The average Bonchev–Trinajstić information content (AvgIpc) is 3.12. The summed E-state index contributed by atoms with van der Waals surface area (Å²) < 4.78 is 18.3. The highest BCUT2D eigenvalue weighted by molar-refractivity contribution is 7.80. The van der Waals surface area contributed by atoms with Gasteiger partial charge in [0.25, 0.3) is 0 Å². The van der Waals surface area contributed by atoms with Crippen molar-refractivity contribution in [2.24, 2.45) is 11.8 Å². The van der Waals surface area contributed by atoms with Crippen LogP contribution in [0.1, 0.15) is 13.3 Å². The molecule has 0 saturated heterocycles. The first-order chi connectivity index (χ1) is 8.63. The first-order valence-electron chi connectivity index (χ1n) is 5.85. The summed E-state index contributed by atoms with van der Waals surface area (Å²) in [6, 6.07) is 6.32. The molecule has 0 bridgehead atoms. The van der Waals surface area contributed by atoms with Crippen LogP contribution in [0.3, 0.4) is 0 Å². The lowest BCUT2D eigenvalue weighted by molar-refractivity contribution is -0.144. The molecule has 1 aromatic rings. The molecule has 2 rings (SSSR count). The minimum absolute atomic E-state index is 0.0290. The second kappa shape index (κ2) is 5.44. The minimum atomic E-state index is -0.354. The van der Waals surface area contributed by atoms with Crippen LogP contribution in [0.15, 0.2) is 24.3 Å². The zero-order valence-electron chi connectivity index (χ0n) is 9.98. The van der Waals surface area contributed by atoms with Gasteiger partial charge in [-0.1, -0.05) is 24.4 Å². The predicted octanol–water partition coefficient (Wildman–Crippen LogP) is 2.76. The number of anilines is 1. The van der Waals surface area contributed by atoms with Crippen molar-refractivity contribution in [3.8, 4) is 0 Å². The number of benzene rings is 1. The molecule has 0 amide bonds. The standard InChI is InChI=1S/C13H14FNO2S/c1-2-17-13(16)9-7-8(9)12(18)15-11-6-4-3-5-10(11)14/h3-6,8-9H,2,7H2,1H3,(H,15,18)/t8-,9-/m0/s1. The quantitative estimate of drug-likeness (QED) is 0.672. The minimum Gasteiger partial charge on any atom is -0.466 e. The number of esters is 1. The van der Waals surface area contributed by atoms with Gasteiger partial charge < -0.3 is 10.1 Å². The highest BCUT2D eigenvalue weighted by Crippen LogP contribution is 2.41. The molecule has 0 spiro atoms. The van der Waals surface area contributed by atoms with E-state index in [1.165, 1.54) is 6.07 Å². The first-order valence-corrected chi connectivity index (χ1v) is 6.26. The molecule has 0 aliphatic heterocycles. The van der Waals surface area contributed by atoms with Crippen LogP contribution in [0.4, 0.5) is 10.1 Å². The van der Waals surface area contributed by atoms with Crippen molar-refractivity contribution in [1.29, 1.82) is 0 Å². The van der Waals surface area contributed by atoms with E-state index in [9.17, 15) is 9.18 Å². The number of nitrogens with one attached hydrogen (secondary N) is 1. The first kappa shape index (κ1) is 13.0. The van der Waals surface area contributed by atoms with E-state index in [1.54, 1.807) is 25.1 Å². The Balaban J connectivity index is 1.91. The maximum absolute atomic E-state index is 13.4. The van der Waals surface area contributed by atoms with E-state index in [2.05, 4.69) is 5.32 Å². The predicted molar refractivity (Wildman–Crippen MR) is 70.9 cm³/mol. The summed E-state index contributed by atoms with van der Waals surface area (Å²) in [6.45, 7) is 2.14. The van der Waals surface area contributed by atoms with Gasteiger partial charge in [-0.15, -0.1) is 0 Å². The van der Waals surface area contributed by atoms with E-state index < -0.39 is 0 Å². The lowest BCUT2D eigenvalue weighted by Gasteiger charge is -2.08. The SMILES string of the molecule is CCOC(=O)[C@H]1C[C@@H]1C(=S)Nc1ccccc1F. The maximum Gasteiger partial charge on any atom is 0.309 e. The van der Waals surface area contributed by atoms with E-state index in [0.29, 0.717) is 23.7 Å². The van der Waals surface area contributed by atoms with Crippen molar-refractivity contribution >= 4 is 28.9 Å². The Morgan fingerprint density at radius 2 is 2.22 bits per heavy atom. The van der Waals surface area contributed by atoms with Gasteiger partial charge in [0, 0.05) is 5.92 Å². The fourth-order valence-electron chi connectivity index (χ4n) is 1.78. The highest BCUT2D eigenvalue weighted by atomic mass is 32.1. The van der Waals surface area contributed by atoms with Crippen LogP contribution >= 0.6 is 12.2 Å². The van der Waals surface area contributed by atoms with Gasteiger partial charge in [0.1, 0.15) is 5.82 Å². The molecule has 0 aromatic heterocycles. The number of thiocarbonyl (C=S) groups is 1. The smallest absolute Gasteiger partial charge is 0.309 e. The van der Waals surface area contributed by atoms with Crippen molar-refractivity contribution in [3.05, 3.63) is 30.1 Å². The Hall–Kier alpha value is -1.49. The summed E-state index contributed by atoms with van der Waals surface area (Å²) in [5, 5.41) is 2.85. The zero-order valence-corrected chi connectivity index (χ0v) is 10.8. The average molecular weight is 267 g/mol. The van der Waals surface area contributed by atoms with Crippen molar-refractivity contribution in [2.75, 3.05) is 11.9 Å². The fourth-order valence-corrected chi connectivity index (χ4v) is 2.15. The third-order valence-corrected chi connectivity index (χ3v) is 3.25. The number of carbonyl (C=O) groups excluding carboxylic acids is 1. The van der Waals surface area contributed by atoms with E-state index in [0.717, 1.165) is 0 Å². The lowest BCUT2D eigenvalue weighted by atomic mass is 10.2. The zero-order chi connectivity index (χ0) is 13.1. The van der Waals surface area contributed by atoms with Crippen LogP contribution in [0.2, 0.25) is 0 Å². The van der Waals surface area contributed by atoms with Crippen LogP contribution in [-0.4, -0.2) is 17.6 Å². The third-order valence-electron chi connectivity index (χ3n) is 2.85. The van der Waals surface area contributed by atoms with Gasteiger partial charge in [0.05, 0.1) is 23.2 Å². The Morgan fingerprint density at radius 3 is 2.89 bits per heavy atom. The van der Waals surface area contributed by atoms with Crippen LogP contribution in [-0.2, 0) is 9.53 Å².